The van der Waals surface area contributed by atoms with Gasteiger partial charge in [0.1, 0.15) is 26.1 Å². The average Bonchev–Trinajstić information content (AvgIpc) is 2.53. The van der Waals surface area contributed by atoms with Crippen molar-refractivity contribution in [1.82, 2.24) is 10.6 Å². The van der Waals surface area contributed by atoms with E-state index in [1.54, 1.807) is 13.8 Å². The molecule has 2 N–H and O–H groups in total. The monoisotopic (exact) mass is 326 g/mol. The lowest BCUT2D eigenvalue weighted by Gasteiger charge is -2.26. The molecular weight excluding hydrogens is 308 g/mol. The van der Waals surface area contributed by atoms with Crippen LogP contribution in [0.5, 0.6) is 0 Å². The van der Waals surface area contributed by atoms with Gasteiger partial charge in [-0.25, -0.2) is 14.4 Å². The number of esters is 2. The van der Waals surface area contributed by atoms with Gasteiger partial charge in [0.05, 0.1) is 23.9 Å². The van der Waals surface area contributed by atoms with Crippen molar-refractivity contribution in [3.63, 3.8) is 0 Å². The largest absolute Gasteiger partial charge is 0.493 e. The Morgan fingerprint density at radius 2 is 2.09 bits per heavy atom. The van der Waals surface area contributed by atoms with Crippen molar-refractivity contribution in [3.8, 4) is 0 Å². The minimum atomic E-state index is -0.749. The highest BCUT2D eigenvalue weighted by molar-refractivity contribution is 5.95. The second-order valence-corrected chi connectivity index (χ2v) is 4.71. The summed E-state index contributed by atoms with van der Waals surface area (Å²) in [6.45, 7) is 3.79. The molecule has 0 aromatic carbocycles. The Morgan fingerprint density at radius 1 is 1.30 bits per heavy atom. The summed E-state index contributed by atoms with van der Waals surface area (Å²) in [6.07, 6.45) is 1.16. The van der Waals surface area contributed by atoms with Gasteiger partial charge in [-0.15, -0.1) is 0 Å². The molecule has 0 fully saturated rings. The lowest BCUT2D eigenvalue weighted by Crippen LogP contribution is -2.50. The third kappa shape index (κ3) is 4.15. The molecule has 0 radical (unpaired) electrons. The van der Waals surface area contributed by atoms with Crippen molar-refractivity contribution in [2.75, 3.05) is 26.4 Å². The molecule has 2 heterocycles. The number of hydrogen-bond acceptors (Lipinski definition) is 7. The van der Waals surface area contributed by atoms with Crippen LogP contribution in [0.3, 0.4) is 0 Å². The van der Waals surface area contributed by atoms with Gasteiger partial charge in [-0.1, -0.05) is 0 Å². The Morgan fingerprint density at radius 3 is 2.74 bits per heavy atom. The van der Waals surface area contributed by atoms with E-state index in [1.807, 2.05) is 0 Å². The number of hydrogen-bond donors (Lipinski definition) is 2. The molecule has 0 unspecified atom stereocenters. The number of ether oxygens (including phenoxy) is 4. The Labute approximate surface area is 132 Å². The van der Waals surface area contributed by atoms with E-state index in [-0.39, 0.29) is 36.8 Å². The lowest BCUT2D eigenvalue weighted by molar-refractivity contribution is -0.144. The summed E-state index contributed by atoms with van der Waals surface area (Å²) in [5, 5.41) is 5.00. The number of nitrogens with one attached hydrogen (secondary N) is 2. The summed E-state index contributed by atoms with van der Waals surface area (Å²) in [5.41, 5.74) is 0.374. The molecule has 0 saturated heterocycles. The molecule has 9 heteroatoms. The average molecular weight is 326 g/mol. The molecule has 126 valence electrons. The third-order valence-electron chi connectivity index (χ3n) is 3.06. The van der Waals surface area contributed by atoms with Crippen LogP contribution in [0, 0.1) is 0 Å². The van der Waals surface area contributed by atoms with Crippen molar-refractivity contribution >= 4 is 18.0 Å². The highest BCUT2D eigenvalue weighted by Gasteiger charge is 2.30. The summed E-state index contributed by atoms with van der Waals surface area (Å²) in [4.78, 5) is 35.4. The third-order valence-corrected chi connectivity index (χ3v) is 3.06. The molecular formula is C14H18N2O7. The van der Waals surface area contributed by atoms with Crippen molar-refractivity contribution < 1.29 is 33.3 Å². The minimum Gasteiger partial charge on any atom is -0.493 e. The number of carbonyl (C=O) groups excluding carboxylic acids is 3. The van der Waals surface area contributed by atoms with Gasteiger partial charge in [-0.05, 0) is 13.8 Å². The van der Waals surface area contributed by atoms with Gasteiger partial charge in [0.2, 0.25) is 5.76 Å². The molecule has 0 bridgehead atoms. The maximum Gasteiger partial charge on any atom is 0.377 e. The summed E-state index contributed by atoms with van der Waals surface area (Å²) >= 11 is 0. The van der Waals surface area contributed by atoms with E-state index >= 15 is 0 Å². The van der Waals surface area contributed by atoms with Gasteiger partial charge < -0.3 is 29.6 Å². The Hall–Kier alpha value is -2.71. The summed E-state index contributed by atoms with van der Waals surface area (Å²) in [7, 11) is 0. The summed E-state index contributed by atoms with van der Waals surface area (Å²) < 4.78 is 20.1. The maximum absolute atomic E-state index is 12.0. The van der Waals surface area contributed by atoms with Crippen LogP contribution in [0.15, 0.2) is 23.3 Å². The molecule has 0 aromatic heterocycles. The molecule has 1 atom stereocenters. The topological polar surface area (TPSA) is 112 Å². The second-order valence-electron chi connectivity index (χ2n) is 4.71. The van der Waals surface area contributed by atoms with Crippen molar-refractivity contribution in [3.05, 3.63) is 23.3 Å². The number of carbonyl (C=O) groups is 3. The smallest absolute Gasteiger partial charge is 0.377 e. The quantitative estimate of drug-likeness (QED) is 0.680. The van der Waals surface area contributed by atoms with Crippen molar-refractivity contribution in [2.45, 2.75) is 19.9 Å². The summed E-state index contributed by atoms with van der Waals surface area (Å²) in [5.74, 6) is -1.40. The molecule has 2 rings (SSSR count). The van der Waals surface area contributed by atoms with E-state index < -0.39 is 24.0 Å². The normalized spacial score (nSPS) is 20.3. The standard InChI is InChI=1S/C14H18N2O7/c1-3-21-13(18)11-8(2)15-14(19)16-9(11)6-23-12(17)10-7-20-4-5-22-10/h7-8H,3-6H2,1-2H3,(H2,15,16,19)/t8-/m1/s1. The van der Waals surface area contributed by atoms with Crippen LogP contribution in [0.4, 0.5) is 4.79 Å². The van der Waals surface area contributed by atoms with Gasteiger partial charge >= 0.3 is 18.0 Å². The Balaban J connectivity index is 2.10. The van der Waals surface area contributed by atoms with Crippen LogP contribution >= 0.6 is 0 Å². The summed E-state index contributed by atoms with van der Waals surface area (Å²) in [6, 6.07) is -1.06. The van der Waals surface area contributed by atoms with Crippen LogP contribution in [0.2, 0.25) is 0 Å². The van der Waals surface area contributed by atoms with Gasteiger partial charge in [-0.3, -0.25) is 0 Å². The predicted octanol–water partition coefficient (Wildman–Crippen LogP) is -0.0637. The van der Waals surface area contributed by atoms with Crippen LogP contribution in [-0.2, 0) is 28.5 Å². The van der Waals surface area contributed by atoms with Gasteiger partial charge in [-0.2, -0.15) is 0 Å². The first-order valence-corrected chi connectivity index (χ1v) is 7.12. The fraction of sp³-hybridized carbons (Fsp3) is 0.500. The molecule has 23 heavy (non-hydrogen) atoms. The van der Waals surface area contributed by atoms with E-state index in [0.717, 1.165) is 6.26 Å². The molecule has 2 aliphatic heterocycles. The first-order valence-electron chi connectivity index (χ1n) is 7.12. The Bertz CT molecular complexity index is 567. The van der Waals surface area contributed by atoms with Crippen molar-refractivity contribution in [1.29, 1.82) is 0 Å². The van der Waals surface area contributed by atoms with Gasteiger partial charge in [0, 0.05) is 0 Å². The highest BCUT2D eigenvalue weighted by atomic mass is 16.6. The molecule has 2 aliphatic rings. The molecule has 0 aliphatic carbocycles. The number of amides is 2. The zero-order valence-electron chi connectivity index (χ0n) is 12.8. The van der Waals surface area contributed by atoms with E-state index in [1.165, 1.54) is 0 Å². The zero-order chi connectivity index (χ0) is 16.8. The predicted molar refractivity (Wildman–Crippen MR) is 75.7 cm³/mol. The lowest BCUT2D eigenvalue weighted by atomic mass is 10.0. The molecule has 0 aromatic rings. The second kappa shape index (κ2) is 7.52. The van der Waals surface area contributed by atoms with E-state index in [2.05, 4.69) is 10.6 Å². The van der Waals surface area contributed by atoms with E-state index in [4.69, 9.17) is 18.9 Å². The first-order chi connectivity index (χ1) is 11.0. The van der Waals surface area contributed by atoms with Crippen LogP contribution in [-0.4, -0.2) is 50.4 Å². The molecule has 0 spiro atoms. The molecule has 9 nitrogen and oxygen atoms in total. The SMILES string of the molecule is CCOC(=O)C1=C(COC(=O)C2=COCCO2)NC(=O)N[C@@H]1C. The Kier molecular flexibility index (Phi) is 5.45. The van der Waals surface area contributed by atoms with E-state index in [9.17, 15) is 14.4 Å². The minimum absolute atomic E-state index is 0.0668. The molecule has 2 amide bonds. The van der Waals surface area contributed by atoms with Crippen LogP contribution in [0.25, 0.3) is 0 Å². The van der Waals surface area contributed by atoms with Gasteiger partial charge in [0.25, 0.3) is 0 Å². The van der Waals surface area contributed by atoms with Crippen LogP contribution < -0.4 is 10.6 Å². The van der Waals surface area contributed by atoms with Gasteiger partial charge in [0.15, 0.2) is 0 Å². The van der Waals surface area contributed by atoms with Crippen molar-refractivity contribution in [2.24, 2.45) is 0 Å². The zero-order valence-corrected chi connectivity index (χ0v) is 12.8. The van der Waals surface area contributed by atoms with E-state index in [0.29, 0.717) is 6.61 Å². The fourth-order valence-corrected chi connectivity index (χ4v) is 2.08. The van der Waals surface area contributed by atoms with Crippen LogP contribution in [0.1, 0.15) is 13.8 Å². The first kappa shape index (κ1) is 16.7. The molecule has 0 saturated carbocycles. The number of urea groups is 1. The number of rotatable bonds is 5. The fourth-order valence-electron chi connectivity index (χ4n) is 2.08. The maximum atomic E-state index is 12.0. The highest BCUT2D eigenvalue weighted by Crippen LogP contribution is 2.15.